The van der Waals surface area contributed by atoms with Crippen LogP contribution in [0.3, 0.4) is 0 Å². The molecule has 0 saturated carbocycles. The van der Waals surface area contributed by atoms with E-state index in [4.69, 9.17) is 9.47 Å². The van der Waals surface area contributed by atoms with Crippen LogP contribution < -0.4 is 10.1 Å². The molecule has 2 aromatic rings. The molecule has 1 aromatic heterocycles. The first-order valence-corrected chi connectivity index (χ1v) is 7.23. The Morgan fingerprint density at radius 1 is 1.29 bits per heavy atom. The third-order valence-corrected chi connectivity index (χ3v) is 3.45. The number of benzene rings is 1. The maximum Gasteiger partial charge on any atom is 0.251 e. The lowest BCUT2D eigenvalue weighted by atomic mass is 10.1. The highest BCUT2D eigenvalue weighted by Gasteiger charge is 2.26. The van der Waals surface area contributed by atoms with Gasteiger partial charge in [-0.2, -0.15) is 0 Å². The molecule has 0 fully saturated rings. The van der Waals surface area contributed by atoms with Gasteiger partial charge >= 0.3 is 0 Å². The summed E-state index contributed by atoms with van der Waals surface area (Å²) in [5, 5.41) is 2.70. The van der Waals surface area contributed by atoms with Crippen LogP contribution in [-0.2, 0) is 16.1 Å². The Labute approximate surface area is 138 Å². The van der Waals surface area contributed by atoms with Crippen molar-refractivity contribution >= 4 is 5.91 Å². The monoisotopic (exact) mass is 336 g/mol. The van der Waals surface area contributed by atoms with Gasteiger partial charge in [-0.25, -0.2) is 13.8 Å². The number of pyridine rings is 1. The first kappa shape index (κ1) is 17.8. The average molecular weight is 336 g/mol. The summed E-state index contributed by atoms with van der Waals surface area (Å²) in [6, 6.07) is 6.33. The van der Waals surface area contributed by atoms with E-state index in [0.29, 0.717) is 5.56 Å². The summed E-state index contributed by atoms with van der Waals surface area (Å²) in [5.74, 6) is -1.88. The quantitative estimate of drug-likeness (QED) is 0.880. The van der Waals surface area contributed by atoms with Gasteiger partial charge in [-0.3, -0.25) is 4.79 Å². The second-order valence-corrected chi connectivity index (χ2v) is 5.54. The van der Waals surface area contributed by atoms with Crippen molar-refractivity contribution < 1.29 is 23.0 Å². The van der Waals surface area contributed by atoms with Crippen molar-refractivity contribution in [1.29, 1.82) is 0 Å². The van der Waals surface area contributed by atoms with Gasteiger partial charge in [0.2, 0.25) is 5.88 Å². The van der Waals surface area contributed by atoms with Crippen molar-refractivity contribution in [1.82, 2.24) is 10.3 Å². The van der Waals surface area contributed by atoms with E-state index in [9.17, 15) is 13.6 Å². The van der Waals surface area contributed by atoms with Crippen LogP contribution in [0.1, 0.15) is 19.4 Å². The number of nitrogens with zero attached hydrogens (tertiary/aromatic N) is 1. The minimum atomic E-state index is -0.980. The maximum atomic E-state index is 13.7. The second-order valence-electron chi connectivity index (χ2n) is 5.54. The smallest absolute Gasteiger partial charge is 0.251 e. The van der Waals surface area contributed by atoms with Gasteiger partial charge in [0.05, 0.1) is 0 Å². The van der Waals surface area contributed by atoms with Crippen LogP contribution in [0.25, 0.3) is 0 Å². The number of hydrogen-bond acceptors (Lipinski definition) is 4. The molecule has 0 saturated heterocycles. The van der Waals surface area contributed by atoms with Crippen LogP contribution in [0.2, 0.25) is 0 Å². The van der Waals surface area contributed by atoms with E-state index in [0.717, 1.165) is 12.1 Å². The highest BCUT2D eigenvalue weighted by molar-refractivity contribution is 5.84. The summed E-state index contributed by atoms with van der Waals surface area (Å²) in [5.41, 5.74) is -0.437. The molecule has 0 atom stereocenters. The number of rotatable bonds is 6. The molecule has 5 nitrogen and oxygen atoms in total. The van der Waals surface area contributed by atoms with Gasteiger partial charge in [0.25, 0.3) is 5.91 Å². The number of halogens is 2. The van der Waals surface area contributed by atoms with Crippen molar-refractivity contribution in [2.45, 2.75) is 26.0 Å². The molecule has 0 spiro atoms. The summed E-state index contributed by atoms with van der Waals surface area (Å²) in [7, 11) is 1.44. The zero-order valence-electron chi connectivity index (χ0n) is 13.6. The number of amides is 1. The molecular weight excluding hydrogens is 318 g/mol. The topological polar surface area (TPSA) is 60.5 Å². The van der Waals surface area contributed by atoms with E-state index >= 15 is 0 Å². The molecule has 2 rings (SSSR count). The van der Waals surface area contributed by atoms with Gasteiger partial charge in [0, 0.05) is 31.5 Å². The summed E-state index contributed by atoms with van der Waals surface area (Å²) in [6.07, 6.45) is 1.47. The zero-order valence-corrected chi connectivity index (χ0v) is 13.6. The van der Waals surface area contributed by atoms with E-state index in [-0.39, 0.29) is 24.1 Å². The third kappa shape index (κ3) is 4.26. The number of aromatic nitrogens is 1. The molecule has 1 N–H and O–H groups in total. The summed E-state index contributed by atoms with van der Waals surface area (Å²) in [6.45, 7) is 3.39. The number of carbonyl (C=O) groups is 1. The Kier molecular flexibility index (Phi) is 5.46. The van der Waals surface area contributed by atoms with Gasteiger partial charge in [0.1, 0.15) is 11.4 Å². The average Bonchev–Trinajstić information content (AvgIpc) is 2.56. The minimum Gasteiger partial charge on any atom is -0.436 e. The molecule has 24 heavy (non-hydrogen) atoms. The Balaban J connectivity index is 2.14. The molecule has 128 valence electrons. The van der Waals surface area contributed by atoms with Crippen LogP contribution in [-0.4, -0.2) is 23.6 Å². The Hall–Kier alpha value is -2.54. The Morgan fingerprint density at radius 2 is 2.04 bits per heavy atom. The van der Waals surface area contributed by atoms with Gasteiger partial charge in [-0.1, -0.05) is 6.07 Å². The number of nitrogens with one attached hydrogen (secondary N) is 1. The minimum absolute atomic E-state index is 0.123. The fourth-order valence-corrected chi connectivity index (χ4v) is 1.79. The van der Waals surface area contributed by atoms with E-state index in [1.54, 1.807) is 26.0 Å². The fraction of sp³-hybridized carbons (Fsp3) is 0.294. The van der Waals surface area contributed by atoms with E-state index < -0.39 is 17.2 Å². The molecule has 0 aliphatic rings. The number of methoxy groups -OCH3 is 1. The predicted molar refractivity (Wildman–Crippen MR) is 83.6 cm³/mol. The summed E-state index contributed by atoms with van der Waals surface area (Å²) >= 11 is 0. The Morgan fingerprint density at radius 3 is 2.71 bits per heavy atom. The molecular formula is C17H18F2N2O3. The third-order valence-electron chi connectivity index (χ3n) is 3.45. The maximum absolute atomic E-state index is 13.7. The van der Waals surface area contributed by atoms with Crippen molar-refractivity contribution in [3.63, 3.8) is 0 Å². The van der Waals surface area contributed by atoms with Crippen molar-refractivity contribution in [2.75, 3.05) is 7.11 Å². The highest BCUT2D eigenvalue weighted by Crippen LogP contribution is 2.26. The van der Waals surface area contributed by atoms with E-state index in [1.807, 2.05) is 0 Å². The van der Waals surface area contributed by atoms with E-state index in [2.05, 4.69) is 10.3 Å². The highest BCUT2D eigenvalue weighted by atomic mass is 19.1. The standard InChI is InChI=1S/C17H18F2N2O3/c1-17(2,23-3)16(22)21-10-11-5-4-8-20-15(11)24-14-7-6-12(18)9-13(14)19/h4-9H,10H2,1-3H3,(H,21,22). The zero-order chi connectivity index (χ0) is 17.7. The molecule has 0 bridgehead atoms. The number of hydrogen-bond donors (Lipinski definition) is 1. The number of ether oxygens (including phenoxy) is 2. The largest absolute Gasteiger partial charge is 0.436 e. The van der Waals surface area contributed by atoms with Crippen molar-refractivity contribution in [3.8, 4) is 11.6 Å². The molecule has 7 heteroatoms. The van der Waals surface area contributed by atoms with Gasteiger partial charge in [-0.15, -0.1) is 0 Å². The first-order valence-electron chi connectivity index (χ1n) is 7.23. The van der Waals surface area contributed by atoms with E-state index in [1.165, 1.54) is 19.4 Å². The lowest BCUT2D eigenvalue weighted by molar-refractivity contribution is -0.139. The normalized spacial score (nSPS) is 11.2. The van der Waals surface area contributed by atoms with Crippen LogP contribution in [0, 0.1) is 11.6 Å². The lowest BCUT2D eigenvalue weighted by Crippen LogP contribution is -2.43. The Bertz CT molecular complexity index is 736. The van der Waals surface area contributed by atoms with Gasteiger partial charge in [-0.05, 0) is 32.0 Å². The van der Waals surface area contributed by atoms with Gasteiger partial charge in [0.15, 0.2) is 11.6 Å². The summed E-state index contributed by atoms with van der Waals surface area (Å²) in [4.78, 5) is 16.1. The molecule has 0 aliphatic carbocycles. The van der Waals surface area contributed by atoms with Crippen molar-refractivity contribution in [2.24, 2.45) is 0 Å². The predicted octanol–water partition coefficient (Wildman–Crippen LogP) is 3.19. The number of carbonyl (C=O) groups excluding carboxylic acids is 1. The lowest BCUT2D eigenvalue weighted by Gasteiger charge is -2.22. The van der Waals surface area contributed by atoms with Crippen LogP contribution in [0.5, 0.6) is 11.6 Å². The first-order chi connectivity index (χ1) is 11.3. The SMILES string of the molecule is COC(C)(C)C(=O)NCc1cccnc1Oc1ccc(F)cc1F. The van der Waals surface area contributed by atoms with Crippen LogP contribution in [0.15, 0.2) is 36.5 Å². The molecule has 1 heterocycles. The van der Waals surface area contributed by atoms with Crippen LogP contribution >= 0.6 is 0 Å². The molecule has 0 radical (unpaired) electrons. The summed E-state index contributed by atoms with van der Waals surface area (Å²) < 4.78 is 37.2. The molecule has 0 aliphatic heterocycles. The molecule has 1 amide bonds. The molecule has 0 unspecified atom stereocenters. The van der Waals surface area contributed by atoms with Crippen molar-refractivity contribution in [3.05, 3.63) is 53.7 Å². The molecule has 1 aromatic carbocycles. The second kappa shape index (κ2) is 7.35. The van der Waals surface area contributed by atoms with Gasteiger partial charge < -0.3 is 14.8 Å². The van der Waals surface area contributed by atoms with Crippen LogP contribution in [0.4, 0.5) is 8.78 Å². The fourth-order valence-electron chi connectivity index (χ4n) is 1.79.